The van der Waals surface area contributed by atoms with E-state index in [1.165, 1.54) is 0 Å². The van der Waals surface area contributed by atoms with E-state index in [0.29, 0.717) is 6.04 Å². The van der Waals surface area contributed by atoms with E-state index in [9.17, 15) is 4.21 Å². The van der Waals surface area contributed by atoms with Gasteiger partial charge in [-0.05, 0) is 41.5 Å². The van der Waals surface area contributed by atoms with Gasteiger partial charge in [-0.2, -0.15) is 0 Å². The van der Waals surface area contributed by atoms with E-state index in [4.69, 9.17) is 0 Å². The lowest BCUT2D eigenvalue weighted by Crippen LogP contribution is -2.29. The molecule has 1 aliphatic rings. The summed E-state index contributed by atoms with van der Waals surface area (Å²) in [7, 11) is -0.618. The zero-order valence-corrected chi connectivity index (χ0v) is 11.2. The third kappa shape index (κ3) is 2.98. The molecule has 1 fully saturated rings. The van der Waals surface area contributed by atoms with Crippen LogP contribution < -0.4 is 5.32 Å². The molecule has 0 saturated carbocycles. The van der Waals surface area contributed by atoms with Crippen molar-refractivity contribution in [2.24, 2.45) is 0 Å². The standard InChI is InChI=1S/C12H15N5OS/c18-19-6-4-10(5-7-19)14-11-2-1-3-12(8-11)17-9-13-15-16-17/h1-3,8-10,14H,4-7H2. The minimum Gasteiger partial charge on any atom is -0.382 e. The molecule has 2 aromatic rings. The first-order chi connectivity index (χ1) is 9.31. The topological polar surface area (TPSA) is 72.7 Å². The highest BCUT2D eigenvalue weighted by atomic mass is 32.2. The lowest BCUT2D eigenvalue weighted by atomic mass is 10.1. The molecule has 1 aromatic heterocycles. The second-order valence-electron chi connectivity index (χ2n) is 4.57. The van der Waals surface area contributed by atoms with Gasteiger partial charge in [-0.1, -0.05) is 6.07 Å². The molecule has 6 nitrogen and oxygen atoms in total. The Labute approximate surface area is 113 Å². The number of hydrogen-bond donors (Lipinski definition) is 1. The summed E-state index contributed by atoms with van der Waals surface area (Å²) >= 11 is 0. The number of nitrogens with one attached hydrogen (secondary N) is 1. The summed E-state index contributed by atoms with van der Waals surface area (Å²) in [6.07, 6.45) is 3.49. The number of aromatic nitrogens is 4. The van der Waals surface area contributed by atoms with Gasteiger partial charge in [0, 0.05) is 34.0 Å². The summed E-state index contributed by atoms with van der Waals surface area (Å²) in [4.78, 5) is 0. The summed E-state index contributed by atoms with van der Waals surface area (Å²) in [5.74, 6) is 1.59. The van der Waals surface area contributed by atoms with E-state index in [-0.39, 0.29) is 0 Å². The molecular formula is C12H15N5OS. The third-order valence-corrected chi connectivity index (χ3v) is 4.60. The van der Waals surface area contributed by atoms with E-state index < -0.39 is 10.8 Å². The Bertz CT molecular complexity index is 561. The maximum atomic E-state index is 11.3. The highest BCUT2D eigenvalue weighted by Crippen LogP contribution is 2.18. The molecule has 0 spiro atoms. The van der Waals surface area contributed by atoms with Crippen LogP contribution in [0, 0.1) is 0 Å². The quantitative estimate of drug-likeness (QED) is 0.905. The molecule has 3 rings (SSSR count). The zero-order valence-electron chi connectivity index (χ0n) is 10.4. The second kappa shape index (κ2) is 5.48. The highest BCUT2D eigenvalue weighted by molar-refractivity contribution is 7.85. The summed E-state index contributed by atoms with van der Waals surface area (Å²) in [6, 6.07) is 8.38. The van der Waals surface area contributed by atoms with Crippen molar-refractivity contribution in [1.29, 1.82) is 0 Å². The molecule has 100 valence electrons. The summed E-state index contributed by atoms with van der Waals surface area (Å²) in [5, 5.41) is 14.6. The summed E-state index contributed by atoms with van der Waals surface area (Å²) in [5.41, 5.74) is 1.97. The van der Waals surface area contributed by atoms with Crippen LogP contribution in [-0.4, -0.2) is 42.0 Å². The fraction of sp³-hybridized carbons (Fsp3) is 0.417. The van der Waals surface area contributed by atoms with E-state index in [1.807, 2.05) is 24.3 Å². The molecule has 2 heterocycles. The van der Waals surface area contributed by atoms with Crippen molar-refractivity contribution >= 4 is 16.5 Å². The van der Waals surface area contributed by atoms with Crippen molar-refractivity contribution in [2.75, 3.05) is 16.8 Å². The van der Waals surface area contributed by atoms with Gasteiger partial charge in [0.25, 0.3) is 0 Å². The molecule has 0 amide bonds. The maximum Gasteiger partial charge on any atom is 0.143 e. The van der Waals surface area contributed by atoms with Crippen molar-refractivity contribution in [1.82, 2.24) is 20.2 Å². The van der Waals surface area contributed by atoms with Crippen LogP contribution >= 0.6 is 0 Å². The van der Waals surface area contributed by atoms with Gasteiger partial charge in [0.2, 0.25) is 0 Å². The molecule has 1 aliphatic heterocycles. The number of anilines is 1. The summed E-state index contributed by atoms with van der Waals surface area (Å²) < 4.78 is 13.0. The monoisotopic (exact) mass is 277 g/mol. The molecule has 1 N–H and O–H groups in total. The van der Waals surface area contributed by atoms with Gasteiger partial charge in [0.1, 0.15) is 6.33 Å². The zero-order chi connectivity index (χ0) is 13.1. The fourth-order valence-electron chi connectivity index (χ4n) is 2.19. The Kier molecular flexibility index (Phi) is 3.54. The normalized spacial score (nSPS) is 23.2. The number of tetrazole rings is 1. The average Bonchev–Trinajstić information content (AvgIpc) is 2.96. The van der Waals surface area contributed by atoms with Gasteiger partial charge in [0.05, 0.1) is 5.69 Å². The van der Waals surface area contributed by atoms with Crippen LogP contribution in [0.15, 0.2) is 30.6 Å². The van der Waals surface area contributed by atoms with Gasteiger partial charge in [-0.15, -0.1) is 5.10 Å². The smallest absolute Gasteiger partial charge is 0.143 e. The van der Waals surface area contributed by atoms with Gasteiger partial charge in [-0.25, -0.2) is 4.68 Å². The molecule has 1 aromatic carbocycles. The van der Waals surface area contributed by atoms with Crippen molar-refractivity contribution in [3.05, 3.63) is 30.6 Å². The van der Waals surface area contributed by atoms with Crippen LogP contribution in [0.3, 0.4) is 0 Å². The van der Waals surface area contributed by atoms with E-state index in [2.05, 4.69) is 20.8 Å². The van der Waals surface area contributed by atoms with Crippen LogP contribution in [0.25, 0.3) is 5.69 Å². The van der Waals surface area contributed by atoms with Crippen LogP contribution in [-0.2, 0) is 10.8 Å². The Balaban J connectivity index is 1.71. The molecular weight excluding hydrogens is 262 g/mol. The van der Waals surface area contributed by atoms with E-state index in [1.54, 1.807) is 11.0 Å². The predicted molar refractivity (Wildman–Crippen MR) is 73.7 cm³/mol. The van der Waals surface area contributed by atoms with Crippen LogP contribution in [0.2, 0.25) is 0 Å². The Morgan fingerprint density at radius 1 is 1.32 bits per heavy atom. The molecule has 0 aliphatic carbocycles. The van der Waals surface area contributed by atoms with Crippen molar-refractivity contribution in [3.8, 4) is 5.69 Å². The fourth-order valence-corrected chi connectivity index (χ4v) is 3.49. The lowest BCUT2D eigenvalue weighted by molar-refractivity contribution is 0.624. The number of rotatable bonds is 3. The van der Waals surface area contributed by atoms with Crippen LogP contribution in [0.5, 0.6) is 0 Å². The Hall–Kier alpha value is -1.76. The average molecular weight is 277 g/mol. The highest BCUT2D eigenvalue weighted by Gasteiger charge is 2.17. The lowest BCUT2D eigenvalue weighted by Gasteiger charge is -2.23. The minimum atomic E-state index is -0.618. The first-order valence-corrected chi connectivity index (χ1v) is 7.75. The number of benzene rings is 1. The number of hydrogen-bond acceptors (Lipinski definition) is 5. The van der Waals surface area contributed by atoms with Crippen LogP contribution in [0.1, 0.15) is 12.8 Å². The van der Waals surface area contributed by atoms with Crippen molar-refractivity contribution < 1.29 is 4.21 Å². The van der Waals surface area contributed by atoms with Crippen molar-refractivity contribution in [3.63, 3.8) is 0 Å². The molecule has 0 bridgehead atoms. The number of nitrogens with zero attached hydrogens (tertiary/aromatic N) is 4. The molecule has 1 saturated heterocycles. The minimum absolute atomic E-state index is 0.404. The maximum absolute atomic E-state index is 11.3. The molecule has 19 heavy (non-hydrogen) atoms. The first-order valence-electron chi connectivity index (χ1n) is 6.26. The van der Waals surface area contributed by atoms with Gasteiger partial charge < -0.3 is 5.32 Å². The largest absolute Gasteiger partial charge is 0.382 e. The first kappa shape index (κ1) is 12.3. The predicted octanol–water partition coefficient (Wildman–Crippen LogP) is 0.985. The molecule has 7 heteroatoms. The Morgan fingerprint density at radius 3 is 2.89 bits per heavy atom. The van der Waals surface area contributed by atoms with Gasteiger partial charge in [0.15, 0.2) is 0 Å². The van der Waals surface area contributed by atoms with Gasteiger partial charge >= 0.3 is 0 Å². The molecule has 0 atom stereocenters. The van der Waals surface area contributed by atoms with Crippen LogP contribution in [0.4, 0.5) is 5.69 Å². The Morgan fingerprint density at radius 2 is 2.16 bits per heavy atom. The van der Waals surface area contributed by atoms with E-state index in [0.717, 1.165) is 35.7 Å². The van der Waals surface area contributed by atoms with Gasteiger partial charge in [-0.3, -0.25) is 4.21 Å². The SMILES string of the molecule is O=S1CCC(Nc2cccc(-n3cnnn3)c2)CC1. The summed E-state index contributed by atoms with van der Waals surface area (Å²) in [6.45, 7) is 0. The van der Waals surface area contributed by atoms with Crippen molar-refractivity contribution in [2.45, 2.75) is 18.9 Å². The second-order valence-corrected chi connectivity index (χ2v) is 6.27. The van der Waals surface area contributed by atoms with E-state index >= 15 is 0 Å². The third-order valence-electron chi connectivity index (χ3n) is 3.22. The molecule has 0 unspecified atom stereocenters. The molecule has 0 radical (unpaired) electrons.